The number of fused-ring (bicyclic) bond motifs is 1. The molecule has 0 unspecified atom stereocenters. The molecule has 1 aromatic carbocycles. The molecular weight excluding hydrogens is 524 g/mol. The van der Waals surface area contributed by atoms with E-state index in [1.54, 1.807) is 12.4 Å². The van der Waals surface area contributed by atoms with Gasteiger partial charge in [0.1, 0.15) is 5.82 Å². The molecule has 0 bridgehead atoms. The van der Waals surface area contributed by atoms with Crippen molar-refractivity contribution in [1.29, 1.82) is 0 Å². The van der Waals surface area contributed by atoms with Gasteiger partial charge in [0, 0.05) is 30.9 Å². The van der Waals surface area contributed by atoms with Crippen LogP contribution in [0.25, 0.3) is 10.9 Å². The lowest BCUT2D eigenvalue weighted by Gasteiger charge is -2.32. The number of rotatable bonds is 5. The van der Waals surface area contributed by atoms with Crippen LogP contribution >= 0.6 is 0 Å². The zero-order chi connectivity index (χ0) is 28.6. The number of nitrogens with two attached hydrogens (primary N) is 1. The van der Waals surface area contributed by atoms with Gasteiger partial charge in [0.15, 0.2) is 0 Å². The van der Waals surface area contributed by atoms with E-state index in [1.807, 2.05) is 6.07 Å². The van der Waals surface area contributed by atoms with Gasteiger partial charge in [-0.3, -0.25) is 19.7 Å². The summed E-state index contributed by atoms with van der Waals surface area (Å²) in [6, 6.07) is 6.66. The Morgan fingerprint density at radius 1 is 1.05 bits per heavy atom. The summed E-state index contributed by atoms with van der Waals surface area (Å²) in [6.07, 6.45) is 4.76. The second kappa shape index (κ2) is 10.8. The molecule has 208 valence electrons. The molecule has 1 aliphatic carbocycles. The van der Waals surface area contributed by atoms with Gasteiger partial charge in [0.05, 0.1) is 52.3 Å². The maximum Gasteiger partial charge on any atom is 0.418 e. The normalized spacial score (nSPS) is 19.4. The van der Waals surface area contributed by atoms with Crippen molar-refractivity contribution < 1.29 is 22.4 Å². The number of halogens is 4. The maximum absolute atomic E-state index is 14.9. The largest absolute Gasteiger partial charge is 0.418 e. The highest BCUT2D eigenvalue weighted by Crippen LogP contribution is 2.40. The minimum atomic E-state index is -4.61. The van der Waals surface area contributed by atoms with Crippen molar-refractivity contribution in [2.24, 2.45) is 11.7 Å². The van der Waals surface area contributed by atoms with Crippen LogP contribution in [0.4, 0.5) is 34.6 Å². The molecular formula is C29H28F4N6O. The highest BCUT2D eigenvalue weighted by atomic mass is 19.4. The molecule has 1 saturated carbocycles. The molecule has 3 atom stereocenters. The van der Waals surface area contributed by atoms with Gasteiger partial charge >= 0.3 is 6.18 Å². The van der Waals surface area contributed by atoms with Gasteiger partial charge < -0.3 is 16.0 Å². The highest BCUT2D eigenvalue weighted by molar-refractivity contribution is 6.12. The fourth-order valence-corrected chi connectivity index (χ4v) is 5.54. The summed E-state index contributed by atoms with van der Waals surface area (Å²) >= 11 is 0. The Morgan fingerprint density at radius 2 is 1.80 bits per heavy atom. The predicted molar refractivity (Wildman–Crippen MR) is 145 cm³/mol. The van der Waals surface area contributed by atoms with Crippen molar-refractivity contribution in [3.8, 4) is 0 Å². The predicted octanol–water partition coefficient (Wildman–Crippen LogP) is 6.43. The van der Waals surface area contributed by atoms with Crippen LogP contribution in [-0.4, -0.2) is 33.9 Å². The number of nitrogens with zero attached hydrogens (tertiary/aromatic N) is 4. The van der Waals surface area contributed by atoms with E-state index >= 15 is 0 Å². The van der Waals surface area contributed by atoms with Crippen LogP contribution in [0.3, 0.4) is 0 Å². The molecule has 5 rings (SSSR count). The van der Waals surface area contributed by atoms with Crippen LogP contribution in [0.15, 0.2) is 61.3 Å². The van der Waals surface area contributed by atoms with Crippen molar-refractivity contribution in [3.05, 3.63) is 83.8 Å². The molecule has 40 heavy (non-hydrogen) atoms. The number of pyridine rings is 3. The van der Waals surface area contributed by atoms with Crippen molar-refractivity contribution in [2.45, 2.75) is 44.3 Å². The SMILES string of the molecule is C[C@@H]1C[C@H](N)C[C@H](c2ccncc2NC(=O)c2ccc(F)c3cc(N(C)c4cnccc4C(F)(F)F)cnc23)C1. The second-order valence-electron chi connectivity index (χ2n) is 10.3. The number of anilines is 3. The maximum atomic E-state index is 14.9. The molecule has 3 heterocycles. The standard InChI is InChI=1S/C29H28F4N6O/c1-16-9-17(11-18(34)10-16)20-5-7-35-14-25(20)38-28(40)21-3-4-24(30)22-12-19(13-37-27(21)22)39(2)26-15-36-8-6-23(26)29(31,32)33/h3-8,12-18H,9-11,34H2,1-2H3,(H,38,40)/t16-,17+,18-/m0/s1. The van der Waals surface area contributed by atoms with Crippen LogP contribution in [0.2, 0.25) is 0 Å². The quantitative estimate of drug-likeness (QED) is 0.277. The number of hydrogen-bond acceptors (Lipinski definition) is 6. The first-order valence-electron chi connectivity index (χ1n) is 12.9. The van der Waals surface area contributed by atoms with Crippen LogP contribution in [0.5, 0.6) is 0 Å². The fraction of sp³-hybridized carbons (Fsp3) is 0.310. The molecule has 1 fully saturated rings. The van der Waals surface area contributed by atoms with E-state index in [4.69, 9.17) is 5.73 Å². The molecule has 0 saturated heterocycles. The van der Waals surface area contributed by atoms with Crippen molar-refractivity contribution in [3.63, 3.8) is 0 Å². The first kappa shape index (κ1) is 27.4. The van der Waals surface area contributed by atoms with Gasteiger partial charge in [-0.15, -0.1) is 0 Å². The average Bonchev–Trinajstić information content (AvgIpc) is 2.92. The summed E-state index contributed by atoms with van der Waals surface area (Å²) in [7, 11) is 1.41. The topological polar surface area (TPSA) is 97.0 Å². The van der Waals surface area contributed by atoms with E-state index in [1.165, 1.54) is 30.3 Å². The molecule has 1 aliphatic rings. The Kier molecular flexibility index (Phi) is 7.41. The van der Waals surface area contributed by atoms with Crippen LogP contribution in [0, 0.1) is 11.7 Å². The Labute approximate surface area is 228 Å². The Hall–Kier alpha value is -4.12. The number of carbonyl (C=O) groups is 1. The Balaban J connectivity index is 1.47. The summed E-state index contributed by atoms with van der Waals surface area (Å²) < 4.78 is 55.6. The molecule has 11 heteroatoms. The van der Waals surface area contributed by atoms with E-state index < -0.39 is 23.5 Å². The first-order valence-corrected chi connectivity index (χ1v) is 12.9. The van der Waals surface area contributed by atoms with E-state index in [-0.39, 0.29) is 39.8 Å². The Bertz CT molecular complexity index is 1550. The smallest absolute Gasteiger partial charge is 0.342 e. The van der Waals surface area contributed by atoms with Gasteiger partial charge in [-0.05, 0) is 67.0 Å². The molecule has 3 N–H and O–H groups in total. The number of aromatic nitrogens is 3. The van der Waals surface area contributed by atoms with Crippen LogP contribution < -0.4 is 16.0 Å². The lowest BCUT2D eigenvalue weighted by atomic mass is 9.76. The highest BCUT2D eigenvalue weighted by Gasteiger charge is 2.35. The third-order valence-electron chi connectivity index (χ3n) is 7.40. The van der Waals surface area contributed by atoms with Crippen molar-refractivity contribution >= 4 is 33.9 Å². The molecule has 1 amide bonds. The number of amides is 1. The van der Waals surface area contributed by atoms with Gasteiger partial charge in [-0.25, -0.2) is 4.39 Å². The van der Waals surface area contributed by atoms with E-state index in [0.717, 1.165) is 49.4 Å². The van der Waals surface area contributed by atoms with Gasteiger partial charge in [-0.1, -0.05) is 6.92 Å². The number of benzene rings is 1. The van der Waals surface area contributed by atoms with Gasteiger partial charge in [-0.2, -0.15) is 13.2 Å². The van der Waals surface area contributed by atoms with Crippen LogP contribution in [-0.2, 0) is 6.18 Å². The average molecular weight is 553 g/mol. The first-order chi connectivity index (χ1) is 19.0. The minimum absolute atomic E-state index is 0.00654. The zero-order valence-electron chi connectivity index (χ0n) is 21.9. The van der Waals surface area contributed by atoms with E-state index in [2.05, 4.69) is 27.2 Å². The van der Waals surface area contributed by atoms with Crippen molar-refractivity contribution in [1.82, 2.24) is 15.0 Å². The molecule has 0 aliphatic heterocycles. The third-order valence-corrected chi connectivity index (χ3v) is 7.40. The van der Waals surface area contributed by atoms with E-state index in [9.17, 15) is 22.4 Å². The molecule has 0 spiro atoms. The lowest BCUT2D eigenvalue weighted by molar-refractivity contribution is -0.137. The number of carbonyl (C=O) groups excluding carboxylic acids is 1. The molecule has 0 radical (unpaired) electrons. The van der Waals surface area contributed by atoms with E-state index in [0.29, 0.717) is 11.6 Å². The Morgan fingerprint density at radius 3 is 2.55 bits per heavy atom. The number of nitrogens with one attached hydrogen (secondary N) is 1. The molecule has 4 aromatic rings. The summed E-state index contributed by atoms with van der Waals surface area (Å²) in [5.41, 5.74) is 7.03. The lowest BCUT2D eigenvalue weighted by Crippen LogP contribution is -2.31. The number of hydrogen-bond donors (Lipinski definition) is 2. The molecule has 3 aromatic heterocycles. The summed E-state index contributed by atoms with van der Waals surface area (Å²) in [4.78, 5) is 26.9. The van der Waals surface area contributed by atoms with Gasteiger partial charge in [0.25, 0.3) is 5.91 Å². The summed E-state index contributed by atoms with van der Waals surface area (Å²) in [5, 5.41) is 2.90. The van der Waals surface area contributed by atoms with Gasteiger partial charge in [0.2, 0.25) is 0 Å². The van der Waals surface area contributed by atoms with Crippen molar-refractivity contribution in [2.75, 3.05) is 17.3 Å². The summed E-state index contributed by atoms with van der Waals surface area (Å²) in [6.45, 7) is 2.16. The summed E-state index contributed by atoms with van der Waals surface area (Å²) in [5.74, 6) is -0.564. The van der Waals surface area contributed by atoms with Crippen LogP contribution in [0.1, 0.15) is 53.6 Å². The number of alkyl halides is 3. The minimum Gasteiger partial charge on any atom is -0.342 e. The zero-order valence-corrected chi connectivity index (χ0v) is 21.9. The third kappa shape index (κ3) is 5.46. The monoisotopic (exact) mass is 552 g/mol. The second-order valence-corrected chi connectivity index (χ2v) is 10.3. The molecule has 7 nitrogen and oxygen atoms in total. The fourth-order valence-electron chi connectivity index (χ4n) is 5.54.